The van der Waals surface area contributed by atoms with E-state index in [1.54, 1.807) is 0 Å². The summed E-state index contributed by atoms with van der Waals surface area (Å²) in [5.41, 5.74) is 0. The Labute approximate surface area is 82.5 Å². The van der Waals surface area contributed by atoms with Gasteiger partial charge in [-0.1, -0.05) is 0 Å². The summed E-state index contributed by atoms with van der Waals surface area (Å²) in [7, 11) is 0. The van der Waals surface area contributed by atoms with Crippen LogP contribution in [0.1, 0.15) is 0 Å². The van der Waals surface area contributed by atoms with Gasteiger partial charge in [0.25, 0.3) is 6.47 Å². The molecule has 8 heteroatoms. The predicted octanol–water partition coefficient (Wildman–Crippen LogP) is -0.379. The molecule has 0 aromatic heterocycles. The molecule has 7 N–H and O–H groups in total. The van der Waals surface area contributed by atoms with E-state index in [-0.39, 0.29) is 6.47 Å². The number of rotatable bonds is 0. The molecule has 0 fully saturated rings. The van der Waals surface area contributed by atoms with Crippen molar-refractivity contribution in [2.75, 3.05) is 0 Å². The van der Waals surface area contributed by atoms with E-state index in [0.717, 1.165) is 0 Å². The molecule has 1 aromatic rings. The topological polar surface area (TPSA) is 159 Å². The summed E-state index contributed by atoms with van der Waals surface area (Å²) in [6, 6.07) is 0. The highest BCUT2D eigenvalue weighted by molar-refractivity contribution is 5.70. The summed E-state index contributed by atoms with van der Waals surface area (Å²) in [6.07, 6.45) is 0. The second-order valence-corrected chi connectivity index (χ2v) is 2.20. The fraction of sp³-hybridized carbons (Fsp3) is 0. The van der Waals surface area contributed by atoms with E-state index in [1.165, 1.54) is 0 Å². The maximum atomic E-state index is 8.76. The Kier molecular flexibility index (Phi) is 3.87. The van der Waals surface area contributed by atoms with Gasteiger partial charge in [-0.2, -0.15) is 0 Å². The monoisotopic (exact) mass is 220 g/mol. The fourth-order valence-electron chi connectivity index (χ4n) is 0.673. The SMILES string of the molecule is O=CO.Oc1c(O)c(O)c(O)c(O)c1O. The maximum Gasteiger partial charge on any atom is 0.290 e. The van der Waals surface area contributed by atoms with Gasteiger partial charge in [0.15, 0.2) is 0 Å². The van der Waals surface area contributed by atoms with Gasteiger partial charge in [0.1, 0.15) is 0 Å². The lowest BCUT2D eigenvalue weighted by Crippen LogP contribution is -1.77. The van der Waals surface area contributed by atoms with Gasteiger partial charge >= 0.3 is 0 Å². The number of carboxylic acid groups (broad SMARTS) is 1. The van der Waals surface area contributed by atoms with Gasteiger partial charge in [-0.3, -0.25) is 4.79 Å². The van der Waals surface area contributed by atoms with Crippen LogP contribution in [0.4, 0.5) is 0 Å². The number of aromatic hydroxyl groups is 6. The number of phenolic OH excluding ortho intramolecular Hbond substituents is 6. The van der Waals surface area contributed by atoms with Crippen molar-refractivity contribution in [1.29, 1.82) is 0 Å². The lowest BCUT2D eigenvalue weighted by Gasteiger charge is -2.06. The Bertz CT molecular complexity index is 267. The number of hydrogen-bond acceptors (Lipinski definition) is 7. The molecule has 0 spiro atoms. The smallest absolute Gasteiger partial charge is 0.290 e. The highest BCUT2D eigenvalue weighted by Crippen LogP contribution is 2.54. The summed E-state index contributed by atoms with van der Waals surface area (Å²) in [5.74, 6) is -6.57. The largest absolute Gasteiger partial charge is 0.502 e. The Morgan fingerprint density at radius 1 is 0.600 bits per heavy atom. The molecule has 1 aromatic carbocycles. The van der Waals surface area contributed by atoms with Crippen molar-refractivity contribution in [3.63, 3.8) is 0 Å². The van der Waals surface area contributed by atoms with Crippen LogP contribution < -0.4 is 0 Å². The zero-order valence-corrected chi connectivity index (χ0v) is 7.12. The van der Waals surface area contributed by atoms with Gasteiger partial charge in [-0.15, -0.1) is 0 Å². The lowest BCUT2D eigenvalue weighted by atomic mass is 10.2. The van der Waals surface area contributed by atoms with Crippen molar-refractivity contribution in [3.05, 3.63) is 0 Å². The standard InChI is InChI=1S/C6H6O6.CH2O2/c7-1-2(8)4(10)6(12)5(11)3(1)9;2-1-3/h7-12H;1H,(H,2,3). The minimum atomic E-state index is -1.09. The van der Waals surface area contributed by atoms with Crippen molar-refractivity contribution >= 4 is 6.47 Å². The molecule has 0 saturated heterocycles. The zero-order valence-electron chi connectivity index (χ0n) is 7.12. The van der Waals surface area contributed by atoms with Gasteiger partial charge in [0.05, 0.1) is 0 Å². The maximum absolute atomic E-state index is 8.76. The summed E-state index contributed by atoms with van der Waals surface area (Å²) in [4.78, 5) is 8.36. The van der Waals surface area contributed by atoms with E-state index >= 15 is 0 Å². The van der Waals surface area contributed by atoms with Crippen molar-refractivity contribution < 1.29 is 40.5 Å². The van der Waals surface area contributed by atoms with Crippen LogP contribution >= 0.6 is 0 Å². The Morgan fingerprint density at radius 2 is 0.667 bits per heavy atom. The average molecular weight is 220 g/mol. The molecular weight excluding hydrogens is 212 g/mol. The molecule has 0 radical (unpaired) electrons. The van der Waals surface area contributed by atoms with Crippen molar-refractivity contribution in [2.24, 2.45) is 0 Å². The van der Waals surface area contributed by atoms with Crippen LogP contribution in [0.15, 0.2) is 0 Å². The first-order valence-corrected chi connectivity index (χ1v) is 3.34. The van der Waals surface area contributed by atoms with E-state index in [0.29, 0.717) is 0 Å². The predicted molar refractivity (Wildman–Crippen MR) is 45.1 cm³/mol. The Morgan fingerprint density at radius 3 is 0.733 bits per heavy atom. The van der Waals surface area contributed by atoms with Gasteiger partial charge in [-0.25, -0.2) is 0 Å². The Hall–Kier alpha value is -2.51. The highest BCUT2D eigenvalue weighted by Gasteiger charge is 2.22. The third-order valence-corrected chi connectivity index (χ3v) is 1.35. The molecule has 0 aliphatic heterocycles. The van der Waals surface area contributed by atoms with E-state index in [4.69, 9.17) is 40.5 Å². The third-order valence-electron chi connectivity index (χ3n) is 1.35. The summed E-state index contributed by atoms with van der Waals surface area (Å²) in [6.45, 7) is -0.250. The minimum absolute atomic E-state index is 0.250. The molecule has 0 atom stereocenters. The normalized spacial score (nSPS) is 8.80. The first kappa shape index (κ1) is 12.5. The van der Waals surface area contributed by atoms with Crippen LogP contribution in [0.3, 0.4) is 0 Å². The van der Waals surface area contributed by atoms with Crippen molar-refractivity contribution in [3.8, 4) is 34.5 Å². The Balaban J connectivity index is 0.000000583. The summed E-state index contributed by atoms with van der Waals surface area (Å²) < 4.78 is 0. The van der Waals surface area contributed by atoms with E-state index in [1.807, 2.05) is 0 Å². The molecular formula is C7H8O8. The molecule has 0 aliphatic carbocycles. The molecule has 0 saturated carbocycles. The molecule has 0 aliphatic rings. The number of hydrogen-bond donors (Lipinski definition) is 7. The number of benzene rings is 1. The molecule has 84 valence electrons. The zero-order chi connectivity index (χ0) is 12.2. The average Bonchev–Trinajstić information content (AvgIpc) is 2.22. The van der Waals surface area contributed by atoms with Gasteiger partial charge in [0, 0.05) is 0 Å². The quantitative estimate of drug-likeness (QED) is 0.177. The molecule has 0 heterocycles. The van der Waals surface area contributed by atoms with Gasteiger partial charge in [-0.05, 0) is 0 Å². The van der Waals surface area contributed by atoms with Gasteiger partial charge in [0.2, 0.25) is 34.5 Å². The van der Waals surface area contributed by atoms with Gasteiger partial charge < -0.3 is 35.7 Å². The van der Waals surface area contributed by atoms with E-state index < -0.39 is 34.5 Å². The van der Waals surface area contributed by atoms with Crippen LogP contribution in [-0.2, 0) is 4.79 Å². The molecule has 15 heavy (non-hydrogen) atoms. The first-order chi connectivity index (χ1) is 6.88. The lowest BCUT2D eigenvalue weighted by molar-refractivity contribution is -0.122. The fourth-order valence-corrected chi connectivity index (χ4v) is 0.673. The highest BCUT2D eigenvalue weighted by atomic mass is 16.4. The van der Waals surface area contributed by atoms with Crippen LogP contribution in [-0.4, -0.2) is 42.2 Å². The van der Waals surface area contributed by atoms with Crippen LogP contribution in [0.5, 0.6) is 34.5 Å². The van der Waals surface area contributed by atoms with E-state index in [2.05, 4.69) is 0 Å². The van der Waals surface area contributed by atoms with Crippen molar-refractivity contribution in [2.45, 2.75) is 0 Å². The number of phenols is 6. The van der Waals surface area contributed by atoms with Crippen LogP contribution in [0.2, 0.25) is 0 Å². The van der Waals surface area contributed by atoms with E-state index in [9.17, 15) is 0 Å². The second kappa shape index (κ2) is 4.65. The number of carbonyl (C=O) groups is 1. The molecule has 0 bridgehead atoms. The van der Waals surface area contributed by atoms with Crippen LogP contribution in [0.25, 0.3) is 0 Å². The summed E-state index contributed by atoms with van der Waals surface area (Å²) >= 11 is 0. The summed E-state index contributed by atoms with van der Waals surface area (Å²) in [5, 5.41) is 59.5. The minimum Gasteiger partial charge on any atom is -0.502 e. The second-order valence-electron chi connectivity index (χ2n) is 2.20. The molecule has 0 amide bonds. The molecule has 0 unspecified atom stereocenters. The molecule has 8 nitrogen and oxygen atoms in total. The third kappa shape index (κ3) is 2.24. The van der Waals surface area contributed by atoms with Crippen LogP contribution in [0, 0.1) is 0 Å². The first-order valence-electron chi connectivity index (χ1n) is 3.34. The molecule has 1 rings (SSSR count). The van der Waals surface area contributed by atoms with Crippen molar-refractivity contribution in [1.82, 2.24) is 0 Å².